The van der Waals surface area contributed by atoms with Crippen molar-refractivity contribution in [3.05, 3.63) is 25.8 Å². The summed E-state index contributed by atoms with van der Waals surface area (Å²) in [6, 6.07) is 0. The van der Waals surface area contributed by atoms with Crippen molar-refractivity contribution in [3.63, 3.8) is 0 Å². The SMILES string of the molecule is C.C=C.C=CC(=O)OCCCCOCC(O)CN(C)CCC.CCCCCCCC(=O)OCCCCCC(=O)N(C)CCC.CCCCCCCC(=O)OCCCCCC(=O)[O-].CCCNC.CCC[NH2+]C. The van der Waals surface area contributed by atoms with Crippen LogP contribution in [-0.2, 0) is 42.9 Å². The van der Waals surface area contributed by atoms with Crippen LogP contribution < -0.4 is 15.7 Å². The summed E-state index contributed by atoms with van der Waals surface area (Å²) in [5, 5.41) is 25.0. The minimum atomic E-state index is -1.01. The zero-order valence-electron chi connectivity index (χ0n) is 47.7. The van der Waals surface area contributed by atoms with Gasteiger partial charge in [0.05, 0.1) is 46.1 Å². The lowest BCUT2D eigenvalue weighted by molar-refractivity contribution is -0.626. The molecule has 72 heavy (non-hydrogen) atoms. The summed E-state index contributed by atoms with van der Waals surface area (Å²) in [6.45, 7) is 29.2. The first-order valence-corrected chi connectivity index (χ1v) is 27.6. The number of hydrogen-bond acceptors (Lipinski definition) is 13. The number of nitrogens with two attached hydrogens (primary N) is 1. The Morgan fingerprint density at radius 1 is 0.611 bits per heavy atom. The molecule has 0 saturated heterocycles. The number of aliphatic hydroxyl groups excluding tert-OH is 1. The lowest BCUT2D eigenvalue weighted by Crippen LogP contribution is -2.79. The smallest absolute Gasteiger partial charge is 0.330 e. The van der Waals surface area contributed by atoms with E-state index in [-0.39, 0.29) is 31.7 Å². The van der Waals surface area contributed by atoms with Crippen molar-refractivity contribution < 1.29 is 58.4 Å². The maximum Gasteiger partial charge on any atom is 0.330 e. The van der Waals surface area contributed by atoms with Crippen LogP contribution in [0.5, 0.6) is 0 Å². The van der Waals surface area contributed by atoms with E-state index in [9.17, 15) is 34.2 Å². The summed E-state index contributed by atoms with van der Waals surface area (Å²) < 4.78 is 20.5. The van der Waals surface area contributed by atoms with Crippen LogP contribution in [0, 0.1) is 0 Å². The fourth-order valence-electron chi connectivity index (χ4n) is 6.20. The molecule has 0 aliphatic heterocycles. The average molecular weight is 1040 g/mol. The highest BCUT2D eigenvalue weighted by molar-refractivity contribution is 5.81. The van der Waals surface area contributed by atoms with E-state index < -0.39 is 18.0 Å². The van der Waals surface area contributed by atoms with E-state index in [2.05, 4.69) is 83.9 Å². The van der Waals surface area contributed by atoms with Crippen molar-refractivity contribution >= 4 is 29.8 Å². The largest absolute Gasteiger partial charge is 0.550 e. The molecule has 15 heteroatoms. The van der Waals surface area contributed by atoms with Gasteiger partial charge in [-0.15, -0.1) is 13.2 Å². The molecule has 4 N–H and O–H groups in total. The number of carboxylic acid groups (broad SMARTS) is 1. The molecular formula is C57H118N4O11. The third-order valence-corrected chi connectivity index (χ3v) is 10.1. The van der Waals surface area contributed by atoms with Gasteiger partial charge in [-0.05, 0) is 123 Å². The van der Waals surface area contributed by atoms with Crippen molar-refractivity contribution in [3.8, 4) is 0 Å². The molecule has 432 valence electrons. The maximum absolute atomic E-state index is 11.7. The van der Waals surface area contributed by atoms with Gasteiger partial charge in [0, 0.05) is 58.1 Å². The van der Waals surface area contributed by atoms with Gasteiger partial charge in [-0.1, -0.05) is 107 Å². The molecule has 0 aromatic carbocycles. The zero-order valence-corrected chi connectivity index (χ0v) is 47.7. The Morgan fingerprint density at radius 2 is 1.06 bits per heavy atom. The van der Waals surface area contributed by atoms with E-state index in [1.54, 1.807) is 4.90 Å². The Kier molecular flexibility index (Phi) is 85.1. The Labute approximate surface area is 443 Å². The fraction of sp³-hybridized carbons (Fsp3) is 0.842. The second-order valence-electron chi connectivity index (χ2n) is 17.4. The number of nitrogens with zero attached hydrogens (tertiary/aromatic N) is 2. The minimum Gasteiger partial charge on any atom is -0.550 e. The molecule has 0 radical (unpaired) electrons. The number of carboxylic acids is 1. The highest BCUT2D eigenvalue weighted by Crippen LogP contribution is 2.09. The van der Waals surface area contributed by atoms with Gasteiger partial charge in [0.15, 0.2) is 0 Å². The van der Waals surface area contributed by atoms with Crippen LogP contribution in [0.15, 0.2) is 25.8 Å². The van der Waals surface area contributed by atoms with Crippen molar-refractivity contribution in [2.24, 2.45) is 0 Å². The normalized spacial score (nSPS) is 10.3. The van der Waals surface area contributed by atoms with E-state index in [4.69, 9.17) is 18.9 Å². The Morgan fingerprint density at radius 3 is 1.46 bits per heavy atom. The molecule has 0 aromatic rings. The molecule has 0 aromatic heterocycles. The topological polar surface area (TPSA) is 201 Å². The number of nitrogens with one attached hydrogen (secondary N) is 1. The summed E-state index contributed by atoms with van der Waals surface area (Å²) in [5.74, 6) is -1.40. The molecule has 1 atom stereocenters. The van der Waals surface area contributed by atoms with Crippen LogP contribution in [0.2, 0.25) is 0 Å². The first-order valence-electron chi connectivity index (χ1n) is 27.6. The molecule has 0 rings (SSSR count). The molecule has 1 amide bonds. The van der Waals surface area contributed by atoms with Gasteiger partial charge in [0.2, 0.25) is 5.91 Å². The number of aliphatic hydroxyl groups is 1. The third-order valence-electron chi connectivity index (χ3n) is 10.1. The standard InChI is InChI=1S/C18H35NO3.C14H27NO4.C14H26O4.2C4H11N.C2H4.CH4/c1-4-6-7-8-11-14-18(21)22-16-12-9-10-13-17(20)19(3)15-5-2;1-4-8-15(3)11-13(16)12-18-9-6-7-10-19-14(17)5-2;1-2-3-4-5-8-11-14(17)18-12-9-6-7-10-13(15)16;2*1-3-4-5-2;1-2;/h4-16H2,1-3H3;5,13,16H,2,4,6-12H2,1,3H3;2-12H2,1H3,(H,15,16);2*5H,3-4H2,1-2H3;1-2H2;1H4. The van der Waals surface area contributed by atoms with Crippen LogP contribution >= 0.6 is 0 Å². The number of carbonyl (C=O) groups is 5. The minimum absolute atomic E-state index is 0. The van der Waals surface area contributed by atoms with Crippen LogP contribution in [0.4, 0.5) is 0 Å². The van der Waals surface area contributed by atoms with Gasteiger partial charge in [-0.25, -0.2) is 4.79 Å². The predicted molar refractivity (Wildman–Crippen MR) is 299 cm³/mol. The molecule has 0 aliphatic rings. The molecular weight excluding hydrogens is 917 g/mol. The summed E-state index contributed by atoms with van der Waals surface area (Å²) in [4.78, 5) is 59.2. The quantitative estimate of drug-likeness (QED) is 0.0172. The Balaban J connectivity index is -0.000000157. The number of rotatable bonds is 42. The summed E-state index contributed by atoms with van der Waals surface area (Å²) in [6.07, 6.45) is 24.7. The van der Waals surface area contributed by atoms with Gasteiger partial charge in [-0.3, -0.25) is 14.4 Å². The van der Waals surface area contributed by atoms with Gasteiger partial charge in [0.1, 0.15) is 0 Å². The average Bonchev–Trinajstić information content (AvgIpc) is 3.35. The maximum atomic E-state index is 11.7. The van der Waals surface area contributed by atoms with Gasteiger partial charge >= 0.3 is 17.9 Å². The monoisotopic (exact) mass is 1030 g/mol. The predicted octanol–water partition coefficient (Wildman–Crippen LogP) is 9.38. The van der Waals surface area contributed by atoms with Gasteiger partial charge < -0.3 is 54.4 Å². The van der Waals surface area contributed by atoms with E-state index in [0.29, 0.717) is 65.3 Å². The number of aliphatic carboxylic acids is 1. The number of quaternary nitrogens is 1. The molecule has 0 aliphatic carbocycles. The second kappa shape index (κ2) is 74.2. The first-order chi connectivity index (χ1) is 34.2. The summed E-state index contributed by atoms with van der Waals surface area (Å²) in [5.41, 5.74) is 0. The lowest BCUT2D eigenvalue weighted by atomic mass is 10.1. The molecule has 0 bridgehead atoms. The van der Waals surface area contributed by atoms with Crippen molar-refractivity contribution in [1.82, 2.24) is 15.1 Å². The van der Waals surface area contributed by atoms with Gasteiger partial charge in [0.25, 0.3) is 0 Å². The van der Waals surface area contributed by atoms with Crippen molar-refractivity contribution in [1.29, 1.82) is 0 Å². The van der Waals surface area contributed by atoms with E-state index in [1.807, 2.05) is 21.1 Å². The highest BCUT2D eigenvalue weighted by Gasteiger charge is 2.09. The lowest BCUT2D eigenvalue weighted by Gasteiger charge is -2.19. The summed E-state index contributed by atoms with van der Waals surface area (Å²) in [7, 11) is 7.89. The summed E-state index contributed by atoms with van der Waals surface area (Å²) >= 11 is 0. The van der Waals surface area contributed by atoms with Crippen LogP contribution in [-0.4, -0.2) is 145 Å². The van der Waals surface area contributed by atoms with Crippen LogP contribution in [0.25, 0.3) is 0 Å². The Hall–Kier alpha value is -3.37. The zero-order chi connectivity index (χ0) is 55.0. The highest BCUT2D eigenvalue weighted by atomic mass is 16.5. The Bertz CT molecular complexity index is 1120. The van der Waals surface area contributed by atoms with Gasteiger partial charge in [-0.2, -0.15) is 0 Å². The number of esters is 3. The number of amides is 1. The second-order valence-corrected chi connectivity index (χ2v) is 17.4. The fourth-order valence-corrected chi connectivity index (χ4v) is 6.20. The van der Waals surface area contributed by atoms with Crippen molar-refractivity contribution in [2.45, 2.75) is 222 Å². The number of carbonyl (C=O) groups excluding carboxylic acids is 5. The van der Waals surface area contributed by atoms with Crippen LogP contribution in [0.1, 0.15) is 216 Å². The first kappa shape index (κ1) is 82.6. The molecule has 0 saturated carbocycles. The third kappa shape index (κ3) is 83.5. The molecule has 0 spiro atoms. The number of hydrogen-bond donors (Lipinski definition) is 3. The van der Waals surface area contributed by atoms with E-state index in [0.717, 1.165) is 109 Å². The molecule has 0 heterocycles. The molecule has 1 unspecified atom stereocenters. The number of ether oxygens (including phenoxy) is 4. The number of unbranched alkanes of at least 4 members (excludes halogenated alkanes) is 13. The molecule has 15 nitrogen and oxygen atoms in total. The van der Waals surface area contributed by atoms with E-state index >= 15 is 0 Å². The van der Waals surface area contributed by atoms with Crippen LogP contribution in [0.3, 0.4) is 0 Å². The van der Waals surface area contributed by atoms with E-state index in [1.165, 1.54) is 57.9 Å². The number of likely N-dealkylation sites (N-methyl/N-ethyl adjacent to an activating group) is 1. The molecule has 0 fully saturated rings. The van der Waals surface area contributed by atoms with Crippen molar-refractivity contribution in [2.75, 3.05) is 93.9 Å².